The normalized spacial score (nSPS) is 35.1. The van der Waals surface area contributed by atoms with Crippen molar-refractivity contribution in [1.82, 2.24) is 0 Å². The standard InChI is InChI=1S/C18H34O2/c1-15-3-7-17(8-4-15)18-9-5-16(6-10-18)11-12-20-14-13-19-2/h15-18H,3-14H2,1-2H3. The van der Waals surface area contributed by atoms with E-state index in [1.54, 1.807) is 7.11 Å². The lowest BCUT2D eigenvalue weighted by atomic mass is 9.69. The second-order valence-electron chi connectivity index (χ2n) is 7.19. The van der Waals surface area contributed by atoms with Gasteiger partial charge in [0, 0.05) is 13.7 Å². The van der Waals surface area contributed by atoms with E-state index < -0.39 is 0 Å². The summed E-state index contributed by atoms with van der Waals surface area (Å²) in [4.78, 5) is 0. The van der Waals surface area contributed by atoms with Gasteiger partial charge in [0.2, 0.25) is 0 Å². The van der Waals surface area contributed by atoms with E-state index in [9.17, 15) is 0 Å². The number of ether oxygens (including phenoxy) is 2. The Kier molecular flexibility index (Phi) is 7.37. The topological polar surface area (TPSA) is 18.5 Å². The molecule has 20 heavy (non-hydrogen) atoms. The highest BCUT2D eigenvalue weighted by atomic mass is 16.5. The maximum Gasteiger partial charge on any atom is 0.0700 e. The monoisotopic (exact) mass is 282 g/mol. The van der Waals surface area contributed by atoms with Crippen molar-refractivity contribution in [2.24, 2.45) is 23.7 Å². The molecule has 0 atom stereocenters. The van der Waals surface area contributed by atoms with Crippen LogP contribution in [0.1, 0.15) is 64.7 Å². The van der Waals surface area contributed by atoms with Crippen molar-refractivity contribution in [3.8, 4) is 0 Å². The van der Waals surface area contributed by atoms with Gasteiger partial charge in [0.1, 0.15) is 0 Å². The van der Waals surface area contributed by atoms with Gasteiger partial charge in [0.25, 0.3) is 0 Å². The van der Waals surface area contributed by atoms with Crippen LogP contribution in [-0.2, 0) is 9.47 Å². The Labute approximate surface area is 125 Å². The third-order valence-electron chi connectivity index (χ3n) is 5.72. The summed E-state index contributed by atoms with van der Waals surface area (Å²) in [5, 5.41) is 0. The van der Waals surface area contributed by atoms with Crippen LogP contribution in [0.3, 0.4) is 0 Å². The quantitative estimate of drug-likeness (QED) is 0.632. The Hall–Kier alpha value is -0.0800. The van der Waals surface area contributed by atoms with Crippen molar-refractivity contribution in [1.29, 1.82) is 0 Å². The van der Waals surface area contributed by atoms with Gasteiger partial charge in [0.05, 0.1) is 13.2 Å². The molecule has 0 amide bonds. The molecule has 2 aliphatic rings. The third kappa shape index (κ3) is 5.37. The molecular formula is C18H34O2. The van der Waals surface area contributed by atoms with E-state index in [0.29, 0.717) is 0 Å². The van der Waals surface area contributed by atoms with Crippen molar-refractivity contribution >= 4 is 0 Å². The Balaban J connectivity index is 1.55. The summed E-state index contributed by atoms with van der Waals surface area (Å²) >= 11 is 0. The molecule has 0 aromatic heterocycles. The molecular weight excluding hydrogens is 248 g/mol. The number of rotatable bonds is 7. The van der Waals surface area contributed by atoms with Gasteiger partial charge in [-0.25, -0.2) is 0 Å². The highest BCUT2D eigenvalue weighted by molar-refractivity contribution is 4.81. The molecule has 0 saturated heterocycles. The zero-order valence-electron chi connectivity index (χ0n) is 13.6. The first kappa shape index (κ1) is 16.3. The summed E-state index contributed by atoms with van der Waals surface area (Å²) in [7, 11) is 1.73. The van der Waals surface area contributed by atoms with Crippen LogP contribution >= 0.6 is 0 Å². The second-order valence-corrected chi connectivity index (χ2v) is 7.19. The summed E-state index contributed by atoms with van der Waals surface area (Å²) in [6.07, 6.45) is 13.1. The van der Waals surface area contributed by atoms with Crippen molar-refractivity contribution in [3.63, 3.8) is 0 Å². The Bertz CT molecular complexity index is 238. The molecule has 0 spiro atoms. The molecule has 118 valence electrons. The minimum Gasteiger partial charge on any atom is -0.382 e. The molecule has 0 aromatic carbocycles. The fourth-order valence-corrected chi connectivity index (χ4v) is 4.20. The number of hydrogen-bond donors (Lipinski definition) is 0. The summed E-state index contributed by atoms with van der Waals surface area (Å²) < 4.78 is 10.6. The van der Waals surface area contributed by atoms with Crippen LogP contribution in [0.25, 0.3) is 0 Å². The molecule has 0 radical (unpaired) electrons. The molecule has 0 aliphatic heterocycles. The lowest BCUT2D eigenvalue weighted by Gasteiger charge is -2.37. The Morgan fingerprint density at radius 1 is 0.750 bits per heavy atom. The van der Waals surface area contributed by atoms with Crippen LogP contribution in [0, 0.1) is 23.7 Å². The molecule has 0 heterocycles. The van der Waals surface area contributed by atoms with Crippen molar-refractivity contribution < 1.29 is 9.47 Å². The van der Waals surface area contributed by atoms with E-state index in [0.717, 1.165) is 43.5 Å². The highest BCUT2D eigenvalue weighted by Gasteiger charge is 2.29. The first-order valence-electron chi connectivity index (χ1n) is 8.86. The molecule has 2 heteroatoms. The third-order valence-corrected chi connectivity index (χ3v) is 5.72. The van der Waals surface area contributed by atoms with Gasteiger partial charge in [0.15, 0.2) is 0 Å². The summed E-state index contributed by atoms with van der Waals surface area (Å²) in [5.41, 5.74) is 0. The minimum absolute atomic E-state index is 0.729. The van der Waals surface area contributed by atoms with E-state index >= 15 is 0 Å². The summed E-state index contributed by atoms with van der Waals surface area (Å²) in [6, 6.07) is 0. The van der Waals surface area contributed by atoms with Crippen LogP contribution in [0.2, 0.25) is 0 Å². The average Bonchev–Trinajstić information content (AvgIpc) is 2.49. The van der Waals surface area contributed by atoms with E-state index in [-0.39, 0.29) is 0 Å². The number of methoxy groups -OCH3 is 1. The summed E-state index contributed by atoms with van der Waals surface area (Å²) in [5.74, 6) is 4.03. The van der Waals surface area contributed by atoms with Gasteiger partial charge in [-0.3, -0.25) is 0 Å². The van der Waals surface area contributed by atoms with Crippen molar-refractivity contribution in [3.05, 3.63) is 0 Å². The van der Waals surface area contributed by atoms with Crippen molar-refractivity contribution in [2.75, 3.05) is 26.9 Å². The maximum atomic E-state index is 5.61. The van der Waals surface area contributed by atoms with Gasteiger partial charge in [-0.05, 0) is 55.8 Å². The average molecular weight is 282 g/mol. The summed E-state index contributed by atoms with van der Waals surface area (Å²) in [6.45, 7) is 4.84. The largest absolute Gasteiger partial charge is 0.382 e. The van der Waals surface area contributed by atoms with Gasteiger partial charge >= 0.3 is 0 Å². The molecule has 2 saturated carbocycles. The smallest absolute Gasteiger partial charge is 0.0700 e. The van der Waals surface area contributed by atoms with E-state index in [1.165, 1.54) is 57.8 Å². The molecule has 0 aromatic rings. The maximum absolute atomic E-state index is 5.61. The zero-order valence-corrected chi connectivity index (χ0v) is 13.6. The Morgan fingerprint density at radius 2 is 1.35 bits per heavy atom. The first-order valence-corrected chi connectivity index (χ1v) is 8.86. The van der Waals surface area contributed by atoms with Gasteiger partial charge in [-0.1, -0.05) is 32.6 Å². The van der Waals surface area contributed by atoms with E-state index in [1.807, 2.05) is 0 Å². The van der Waals surface area contributed by atoms with Crippen LogP contribution in [0.15, 0.2) is 0 Å². The lowest BCUT2D eigenvalue weighted by molar-refractivity contribution is 0.0571. The zero-order chi connectivity index (χ0) is 14.2. The fourth-order valence-electron chi connectivity index (χ4n) is 4.20. The lowest BCUT2D eigenvalue weighted by Crippen LogP contribution is -2.25. The molecule has 2 aliphatic carbocycles. The van der Waals surface area contributed by atoms with E-state index in [2.05, 4.69) is 6.92 Å². The SMILES string of the molecule is COCCOCCC1CCC(C2CCC(C)CC2)CC1. The molecule has 2 fully saturated rings. The van der Waals surface area contributed by atoms with E-state index in [4.69, 9.17) is 9.47 Å². The predicted octanol–water partition coefficient (Wildman–Crippen LogP) is 4.67. The highest BCUT2D eigenvalue weighted by Crippen LogP contribution is 2.41. The van der Waals surface area contributed by atoms with Crippen LogP contribution in [-0.4, -0.2) is 26.9 Å². The minimum atomic E-state index is 0.729. The van der Waals surface area contributed by atoms with Crippen LogP contribution in [0.5, 0.6) is 0 Å². The molecule has 2 nitrogen and oxygen atoms in total. The predicted molar refractivity (Wildman–Crippen MR) is 83.9 cm³/mol. The number of hydrogen-bond acceptors (Lipinski definition) is 2. The fraction of sp³-hybridized carbons (Fsp3) is 1.00. The van der Waals surface area contributed by atoms with Crippen molar-refractivity contribution in [2.45, 2.75) is 64.7 Å². The van der Waals surface area contributed by atoms with Gasteiger partial charge < -0.3 is 9.47 Å². The molecule has 2 rings (SSSR count). The second kappa shape index (κ2) is 9.04. The molecule has 0 unspecified atom stereocenters. The Morgan fingerprint density at radius 3 is 1.95 bits per heavy atom. The first-order chi connectivity index (χ1) is 9.79. The van der Waals surface area contributed by atoms with Gasteiger partial charge in [-0.2, -0.15) is 0 Å². The molecule has 0 bridgehead atoms. The molecule has 0 N–H and O–H groups in total. The van der Waals surface area contributed by atoms with Gasteiger partial charge in [-0.15, -0.1) is 0 Å². The van der Waals surface area contributed by atoms with Crippen LogP contribution in [0.4, 0.5) is 0 Å². The van der Waals surface area contributed by atoms with Crippen LogP contribution < -0.4 is 0 Å².